The summed E-state index contributed by atoms with van der Waals surface area (Å²) in [6.45, 7) is 0.193. The minimum absolute atomic E-state index is 0.0529. The van der Waals surface area contributed by atoms with Crippen LogP contribution in [0.25, 0.3) is 0 Å². The summed E-state index contributed by atoms with van der Waals surface area (Å²) < 4.78 is 24.8. The molecule has 0 amide bonds. The van der Waals surface area contributed by atoms with E-state index in [2.05, 4.69) is 15.5 Å². The maximum Gasteiger partial charge on any atom is 0.264 e. The molecule has 0 aliphatic carbocycles. The first-order valence-corrected chi connectivity index (χ1v) is 3.37. The molecule has 12 heavy (non-hydrogen) atoms. The topological polar surface area (TPSA) is 63.8 Å². The molecule has 1 aromatic heterocycles. The van der Waals surface area contributed by atoms with Crippen molar-refractivity contribution in [2.45, 2.75) is 25.5 Å². The van der Waals surface area contributed by atoms with Crippen molar-refractivity contribution < 1.29 is 13.9 Å². The van der Waals surface area contributed by atoms with Crippen LogP contribution in [0.3, 0.4) is 0 Å². The highest BCUT2D eigenvalue weighted by Gasteiger charge is 2.16. The third-order valence-corrected chi connectivity index (χ3v) is 1.34. The number of aliphatic hydroxyl groups excluding tert-OH is 1. The van der Waals surface area contributed by atoms with Gasteiger partial charge in [-0.1, -0.05) is 0 Å². The van der Waals surface area contributed by atoms with Gasteiger partial charge in [-0.15, -0.1) is 5.10 Å². The Morgan fingerprint density at radius 2 is 2.25 bits per heavy atom. The van der Waals surface area contributed by atoms with E-state index in [0.29, 0.717) is 0 Å². The second kappa shape index (κ2) is 4.05. The third-order valence-electron chi connectivity index (χ3n) is 1.34. The second-order valence-corrected chi connectivity index (χ2v) is 2.26. The van der Waals surface area contributed by atoms with Gasteiger partial charge in [-0.25, -0.2) is 13.5 Å². The molecular weight excluding hydrogens is 170 g/mol. The Morgan fingerprint density at radius 3 is 2.75 bits per heavy atom. The zero-order chi connectivity index (χ0) is 8.97. The quantitative estimate of drug-likeness (QED) is 0.686. The van der Waals surface area contributed by atoms with Gasteiger partial charge < -0.3 is 5.11 Å². The molecule has 5 nitrogen and oxygen atoms in total. The standard InChI is InChI=1S/C5H8F2N4O/c6-5(7)4(12)1-2-11-3-8-9-10-11/h3-5,12H,1-2H2. The highest BCUT2D eigenvalue weighted by atomic mass is 19.3. The van der Waals surface area contributed by atoms with Crippen molar-refractivity contribution in [2.24, 2.45) is 0 Å². The smallest absolute Gasteiger partial charge is 0.264 e. The fourth-order valence-corrected chi connectivity index (χ4v) is 0.673. The number of aryl methyl sites for hydroxylation is 1. The zero-order valence-corrected chi connectivity index (χ0v) is 6.14. The molecule has 0 saturated heterocycles. The molecule has 0 bridgehead atoms. The third kappa shape index (κ3) is 2.50. The lowest BCUT2D eigenvalue weighted by Gasteiger charge is -2.07. The van der Waals surface area contributed by atoms with Crippen molar-refractivity contribution in [3.05, 3.63) is 6.33 Å². The fraction of sp³-hybridized carbons (Fsp3) is 0.800. The molecule has 1 rings (SSSR count). The summed E-state index contributed by atoms with van der Waals surface area (Å²) in [6, 6.07) is 0. The van der Waals surface area contributed by atoms with E-state index >= 15 is 0 Å². The van der Waals surface area contributed by atoms with Crippen molar-refractivity contribution in [3.8, 4) is 0 Å². The number of aromatic nitrogens is 4. The summed E-state index contributed by atoms with van der Waals surface area (Å²) in [4.78, 5) is 0. The van der Waals surface area contributed by atoms with Crippen LogP contribution in [0, 0.1) is 0 Å². The second-order valence-electron chi connectivity index (χ2n) is 2.26. The summed E-state index contributed by atoms with van der Waals surface area (Å²) >= 11 is 0. The van der Waals surface area contributed by atoms with Crippen LogP contribution in [0.15, 0.2) is 6.33 Å². The number of hydrogen-bond donors (Lipinski definition) is 1. The van der Waals surface area contributed by atoms with Gasteiger partial charge in [-0.3, -0.25) is 0 Å². The monoisotopic (exact) mass is 178 g/mol. The lowest BCUT2D eigenvalue weighted by molar-refractivity contribution is -0.0114. The summed E-state index contributed by atoms with van der Waals surface area (Å²) in [5, 5.41) is 18.8. The van der Waals surface area contributed by atoms with Gasteiger partial charge in [0.15, 0.2) is 0 Å². The molecule has 0 aromatic carbocycles. The van der Waals surface area contributed by atoms with E-state index in [9.17, 15) is 8.78 Å². The molecule has 0 aliphatic heterocycles. The van der Waals surface area contributed by atoms with E-state index in [1.807, 2.05) is 0 Å². The minimum Gasteiger partial charge on any atom is -0.387 e. The molecule has 1 aromatic rings. The van der Waals surface area contributed by atoms with Gasteiger partial charge in [0, 0.05) is 6.54 Å². The molecule has 1 atom stereocenters. The molecule has 0 aliphatic rings. The number of nitrogens with zero attached hydrogens (tertiary/aromatic N) is 4. The number of aliphatic hydroxyl groups is 1. The number of tetrazole rings is 1. The molecule has 0 fully saturated rings. The molecule has 7 heteroatoms. The van der Waals surface area contributed by atoms with Crippen LogP contribution in [0.1, 0.15) is 6.42 Å². The van der Waals surface area contributed by atoms with Gasteiger partial charge in [0.25, 0.3) is 6.43 Å². The number of rotatable bonds is 4. The average molecular weight is 178 g/mol. The van der Waals surface area contributed by atoms with E-state index in [-0.39, 0.29) is 13.0 Å². The Hall–Kier alpha value is -1.11. The lowest BCUT2D eigenvalue weighted by atomic mass is 10.3. The summed E-state index contributed by atoms with van der Waals surface area (Å²) in [7, 11) is 0. The normalized spacial score (nSPS) is 13.7. The Morgan fingerprint density at radius 1 is 1.50 bits per heavy atom. The summed E-state index contributed by atoms with van der Waals surface area (Å²) in [5.74, 6) is 0. The fourth-order valence-electron chi connectivity index (χ4n) is 0.673. The highest BCUT2D eigenvalue weighted by Crippen LogP contribution is 2.05. The van der Waals surface area contributed by atoms with Gasteiger partial charge in [0.05, 0.1) is 0 Å². The van der Waals surface area contributed by atoms with E-state index < -0.39 is 12.5 Å². The SMILES string of the molecule is OC(CCn1cnnn1)C(F)F. The molecule has 68 valence electrons. The van der Waals surface area contributed by atoms with Crippen LogP contribution < -0.4 is 0 Å². The van der Waals surface area contributed by atoms with E-state index in [4.69, 9.17) is 5.11 Å². The van der Waals surface area contributed by atoms with Crippen LogP contribution in [0.4, 0.5) is 8.78 Å². The van der Waals surface area contributed by atoms with Crippen molar-refractivity contribution >= 4 is 0 Å². The highest BCUT2D eigenvalue weighted by molar-refractivity contribution is 4.58. The number of alkyl halides is 2. The Balaban J connectivity index is 2.27. The van der Waals surface area contributed by atoms with Crippen LogP contribution >= 0.6 is 0 Å². The molecule has 1 N–H and O–H groups in total. The molecule has 0 saturated carbocycles. The molecule has 1 unspecified atom stereocenters. The van der Waals surface area contributed by atoms with Gasteiger partial charge in [-0.2, -0.15) is 0 Å². The van der Waals surface area contributed by atoms with E-state index in [1.165, 1.54) is 11.0 Å². The first kappa shape index (κ1) is 8.98. The van der Waals surface area contributed by atoms with Gasteiger partial charge in [-0.05, 0) is 16.8 Å². The largest absolute Gasteiger partial charge is 0.387 e. The van der Waals surface area contributed by atoms with Crippen molar-refractivity contribution in [1.82, 2.24) is 20.2 Å². The van der Waals surface area contributed by atoms with Crippen LogP contribution in [0.2, 0.25) is 0 Å². The van der Waals surface area contributed by atoms with Gasteiger partial charge in [0.2, 0.25) is 0 Å². The average Bonchev–Trinajstić information content (AvgIpc) is 2.51. The first-order valence-electron chi connectivity index (χ1n) is 3.37. The molecule has 0 radical (unpaired) electrons. The molecular formula is C5H8F2N4O. The number of hydrogen-bond acceptors (Lipinski definition) is 4. The predicted octanol–water partition coefficient (Wildman–Crippen LogP) is -0.311. The summed E-state index contributed by atoms with van der Waals surface area (Å²) in [6.07, 6.45) is -3.06. The minimum atomic E-state index is -2.71. The van der Waals surface area contributed by atoms with Gasteiger partial charge >= 0.3 is 0 Å². The summed E-state index contributed by atoms with van der Waals surface area (Å²) in [5.41, 5.74) is 0. The Kier molecular flexibility index (Phi) is 3.03. The molecule has 1 heterocycles. The van der Waals surface area contributed by atoms with Crippen LogP contribution in [-0.2, 0) is 6.54 Å². The first-order chi connectivity index (χ1) is 5.70. The predicted molar refractivity (Wildman–Crippen MR) is 34.4 cm³/mol. The maximum atomic E-state index is 11.7. The van der Waals surface area contributed by atoms with Crippen LogP contribution in [-0.4, -0.2) is 37.8 Å². The van der Waals surface area contributed by atoms with E-state index in [1.54, 1.807) is 0 Å². The van der Waals surface area contributed by atoms with Crippen molar-refractivity contribution in [1.29, 1.82) is 0 Å². The Bertz CT molecular complexity index is 215. The van der Waals surface area contributed by atoms with Crippen molar-refractivity contribution in [3.63, 3.8) is 0 Å². The van der Waals surface area contributed by atoms with Crippen LogP contribution in [0.5, 0.6) is 0 Å². The maximum absolute atomic E-state index is 11.7. The molecule has 0 spiro atoms. The Labute approximate surface area is 67.0 Å². The zero-order valence-electron chi connectivity index (χ0n) is 6.14. The lowest BCUT2D eigenvalue weighted by Crippen LogP contribution is -2.19. The number of halogens is 2. The van der Waals surface area contributed by atoms with Gasteiger partial charge in [0.1, 0.15) is 12.4 Å². The van der Waals surface area contributed by atoms with Crippen molar-refractivity contribution in [2.75, 3.05) is 0 Å². The van der Waals surface area contributed by atoms with E-state index in [0.717, 1.165) is 0 Å².